The Hall–Kier alpha value is -0.610. The van der Waals surface area contributed by atoms with E-state index in [1.165, 1.54) is 6.92 Å². The summed E-state index contributed by atoms with van der Waals surface area (Å²) in [5, 5.41) is 12.1. The molecule has 1 aliphatic heterocycles. The Morgan fingerprint density at radius 2 is 2.09 bits per heavy atom. The molecule has 0 saturated carbocycles. The highest BCUT2D eigenvalue weighted by atomic mass is 16.3. The van der Waals surface area contributed by atoms with Crippen LogP contribution >= 0.6 is 0 Å². The zero-order chi connectivity index (χ0) is 8.27. The lowest BCUT2D eigenvalue weighted by Gasteiger charge is -2.28. The highest BCUT2D eigenvalue weighted by Gasteiger charge is 2.19. The normalized spacial score (nSPS) is 21.5. The number of aliphatic hydroxyl groups is 1. The van der Waals surface area contributed by atoms with Gasteiger partial charge in [0.2, 0.25) is 0 Å². The van der Waals surface area contributed by atoms with Gasteiger partial charge in [0.05, 0.1) is 0 Å². The van der Waals surface area contributed by atoms with Crippen molar-refractivity contribution in [2.24, 2.45) is 0 Å². The van der Waals surface area contributed by atoms with Gasteiger partial charge in [-0.15, -0.1) is 0 Å². The van der Waals surface area contributed by atoms with Gasteiger partial charge in [0.15, 0.2) is 0 Å². The highest BCUT2D eigenvalue weighted by molar-refractivity contribution is 5.80. The third kappa shape index (κ3) is 2.17. The quantitative estimate of drug-likeness (QED) is 0.504. The summed E-state index contributed by atoms with van der Waals surface area (Å²) in [6.07, 6.45) is -0.854. The predicted molar refractivity (Wildman–Crippen MR) is 41.1 cm³/mol. The van der Waals surface area contributed by atoms with Crippen molar-refractivity contribution in [1.29, 1.82) is 0 Å². The molecule has 4 heteroatoms. The van der Waals surface area contributed by atoms with Gasteiger partial charge in [-0.05, 0) is 6.92 Å². The van der Waals surface area contributed by atoms with Crippen LogP contribution in [0.25, 0.3) is 0 Å². The molecule has 0 unspecified atom stereocenters. The van der Waals surface area contributed by atoms with Crippen molar-refractivity contribution < 1.29 is 9.90 Å². The number of hydrogen-bond donors (Lipinski definition) is 2. The Kier molecular flexibility index (Phi) is 2.84. The second-order valence-electron chi connectivity index (χ2n) is 2.75. The van der Waals surface area contributed by atoms with Crippen LogP contribution in [0.1, 0.15) is 6.92 Å². The van der Waals surface area contributed by atoms with Crippen molar-refractivity contribution in [1.82, 2.24) is 10.2 Å². The van der Waals surface area contributed by atoms with Gasteiger partial charge in [0, 0.05) is 26.2 Å². The molecule has 1 aliphatic rings. The number of nitrogens with zero attached hydrogens (tertiary/aromatic N) is 1. The van der Waals surface area contributed by atoms with Gasteiger partial charge in [-0.1, -0.05) is 0 Å². The van der Waals surface area contributed by atoms with Crippen molar-refractivity contribution in [3.8, 4) is 0 Å². The Morgan fingerprint density at radius 3 is 2.55 bits per heavy atom. The Labute approximate surface area is 66.2 Å². The molecule has 4 nitrogen and oxygen atoms in total. The second-order valence-corrected chi connectivity index (χ2v) is 2.75. The molecule has 1 atom stereocenters. The fraction of sp³-hybridized carbons (Fsp3) is 0.857. The van der Waals surface area contributed by atoms with Crippen LogP contribution in [-0.4, -0.2) is 48.2 Å². The minimum absolute atomic E-state index is 0.161. The molecular formula is C7H14N2O2. The van der Waals surface area contributed by atoms with E-state index in [1.54, 1.807) is 4.90 Å². The summed E-state index contributed by atoms with van der Waals surface area (Å²) in [4.78, 5) is 12.8. The zero-order valence-corrected chi connectivity index (χ0v) is 6.71. The Balaban J connectivity index is 2.39. The molecule has 1 heterocycles. The minimum atomic E-state index is -0.854. The van der Waals surface area contributed by atoms with Gasteiger partial charge in [-0.3, -0.25) is 4.79 Å². The first-order chi connectivity index (χ1) is 5.22. The van der Waals surface area contributed by atoms with E-state index < -0.39 is 6.10 Å². The van der Waals surface area contributed by atoms with Gasteiger partial charge in [-0.25, -0.2) is 0 Å². The number of hydrogen-bond acceptors (Lipinski definition) is 3. The van der Waals surface area contributed by atoms with E-state index in [1.807, 2.05) is 0 Å². The third-order valence-electron chi connectivity index (χ3n) is 1.79. The second kappa shape index (κ2) is 3.69. The number of rotatable bonds is 1. The SMILES string of the molecule is C[C@@H](O)C(=O)N1CCNCC1. The van der Waals surface area contributed by atoms with Crippen LogP contribution in [0.15, 0.2) is 0 Å². The summed E-state index contributed by atoms with van der Waals surface area (Å²) in [7, 11) is 0. The van der Waals surface area contributed by atoms with Crippen molar-refractivity contribution in [2.45, 2.75) is 13.0 Å². The van der Waals surface area contributed by atoms with E-state index in [9.17, 15) is 4.79 Å². The maximum atomic E-state index is 11.1. The monoisotopic (exact) mass is 158 g/mol. The number of amides is 1. The van der Waals surface area contributed by atoms with Crippen molar-refractivity contribution in [3.63, 3.8) is 0 Å². The first-order valence-corrected chi connectivity index (χ1v) is 3.89. The predicted octanol–water partition coefficient (Wildman–Crippen LogP) is -1.20. The van der Waals surface area contributed by atoms with E-state index in [2.05, 4.69) is 5.32 Å². The van der Waals surface area contributed by atoms with Gasteiger partial charge in [0.1, 0.15) is 6.10 Å². The lowest BCUT2D eigenvalue weighted by Crippen LogP contribution is -2.49. The van der Waals surface area contributed by atoms with Gasteiger partial charge >= 0.3 is 0 Å². The molecule has 0 aromatic carbocycles. The first-order valence-electron chi connectivity index (χ1n) is 3.89. The van der Waals surface area contributed by atoms with Crippen molar-refractivity contribution in [3.05, 3.63) is 0 Å². The number of carbonyl (C=O) groups is 1. The number of carbonyl (C=O) groups excluding carboxylic acids is 1. The molecule has 1 amide bonds. The molecule has 1 rings (SSSR count). The molecule has 0 aliphatic carbocycles. The first kappa shape index (κ1) is 8.49. The van der Waals surface area contributed by atoms with Gasteiger partial charge in [0.25, 0.3) is 5.91 Å². The molecule has 0 spiro atoms. The largest absolute Gasteiger partial charge is 0.384 e. The zero-order valence-electron chi connectivity index (χ0n) is 6.71. The molecule has 1 fully saturated rings. The molecule has 0 aromatic rings. The molecule has 11 heavy (non-hydrogen) atoms. The van der Waals surface area contributed by atoms with E-state index in [0.717, 1.165) is 13.1 Å². The lowest BCUT2D eigenvalue weighted by molar-refractivity contribution is -0.139. The van der Waals surface area contributed by atoms with Crippen LogP contribution < -0.4 is 5.32 Å². The molecule has 0 radical (unpaired) electrons. The van der Waals surface area contributed by atoms with E-state index in [4.69, 9.17) is 5.11 Å². The molecule has 1 saturated heterocycles. The molecule has 0 bridgehead atoms. The fourth-order valence-corrected chi connectivity index (χ4v) is 1.15. The van der Waals surface area contributed by atoms with Crippen LogP contribution in [0, 0.1) is 0 Å². The molecule has 64 valence electrons. The summed E-state index contributed by atoms with van der Waals surface area (Å²) >= 11 is 0. The maximum absolute atomic E-state index is 11.1. The third-order valence-corrected chi connectivity index (χ3v) is 1.79. The molecule has 0 aromatic heterocycles. The van der Waals surface area contributed by atoms with Crippen LogP contribution in [0.3, 0.4) is 0 Å². The van der Waals surface area contributed by atoms with E-state index in [0.29, 0.717) is 13.1 Å². The van der Waals surface area contributed by atoms with Crippen molar-refractivity contribution >= 4 is 5.91 Å². The topological polar surface area (TPSA) is 52.6 Å². The molecular weight excluding hydrogens is 144 g/mol. The number of nitrogens with one attached hydrogen (secondary N) is 1. The molecule has 2 N–H and O–H groups in total. The summed E-state index contributed by atoms with van der Waals surface area (Å²) in [6.45, 7) is 4.59. The van der Waals surface area contributed by atoms with E-state index in [-0.39, 0.29) is 5.91 Å². The van der Waals surface area contributed by atoms with Gasteiger partial charge < -0.3 is 15.3 Å². The maximum Gasteiger partial charge on any atom is 0.251 e. The standard InChI is InChI=1S/C7H14N2O2/c1-6(10)7(11)9-4-2-8-3-5-9/h6,8,10H,2-5H2,1H3/t6-/m1/s1. The lowest BCUT2D eigenvalue weighted by atomic mass is 10.3. The summed E-state index contributed by atoms with van der Waals surface area (Å²) in [6, 6.07) is 0. The smallest absolute Gasteiger partial charge is 0.251 e. The van der Waals surface area contributed by atoms with Crippen molar-refractivity contribution in [2.75, 3.05) is 26.2 Å². The average Bonchev–Trinajstić information content (AvgIpc) is 2.05. The van der Waals surface area contributed by atoms with E-state index >= 15 is 0 Å². The summed E-state index contributed by atoms with van der Waals surface area (Å²) in [5.74, 6) is -0.161. The Morgan fingerprint density at radius 1 is 1.55 bits per heavy atom. The Bertz CT molecular complexity index is 141. The van der Waals surface area contributed by atoms with Crippen LogP contribution in [0.2, 0.25) is 0 Å². The summed E-state index contributed by atoms with van der Waals surface area (Å²) < 4.78 is 0. The van der Waals surface area contributed by atoms with Crippen LogP contribution in [0.5, 0.6) is 0 Å². The fourth-order valence-electron chi connectivity index (χ4n) is 1.15. The minimum Gasteiger partial charge on any atom is -0.384 e. The average molecular weight is 158 g/mol. The number of piperazine rings is 1. The van der Waals surface area contributed by atoms with Crippen LogP contribution in [-0.2, 0) is 4.79 Å². The van der Waals surface area contributed by atoms with Crippen LogP contribution in [0.4, 0.5) is 0 Å². The highest BCUT2D eigenvalue weighted by Crippen LogP contribution is 1.96. The van der Waals surface area contributed by atoms with Gasteiger partial charge in [-0.2, -0.15) is 0 Å². The summed E-state index contributed by atoms with van der Waals surface area (Å²) in [5.41, 5.74) is 0. The number of aliphatic hydroxyl groups excluding tert-OH is 1.